The Balaban J connectivity index is 1.98. The van der Waals surface area contributed by atoms with E-state index in [4.69, 9.17) is 4.74 Å². The lowest BCUT2D eigenvalue weighted by atomic mass is 10.2. The molecule has 24 heavy (non-hydrogen) atoms. The molecule has 1 atom stereocenters. The second-order valence-electron chi connectivity index (χ2n) is 5.57. The molecule has 1 N–H and O–H groups in total. The number of aromatic nitrogens is 1. The summed E-state index contributed by atoms with van der Waals surface area (Å²) >= 11 is 0. The number of sulfonamides is 1. The lowest BCUT2D eigenvalue weighted by Gasteiger charge is -2.12. The first kappa shape index (κ1) is 16.9. The van der Waals surface area contributed by atoms with Crippen LogP contribution in [0, 0.1) is 0 Å². The fraction of sp³-hybridized carbons (Fsp3) is 0.467. The lowest BCUT2D eigenvalue weighted by Crippen LogP contribution is -2.32. The third-order valence-electron chi connectivity index (χ3n) is 4.03. The van der Waals surface area contributed by atoms with Crippen molar-refractivity contribution in [3.8, 4) is 0 Å². The van der Waals surface area contributed by atoms with Gasteiger partial charge < -0.3 is 9.15 Å². The maximum absolute atomic E-state index is 12.4. The zero-order chi connectivity index (χ0) is 17.3. The van der Waals surface area contributed by atoms with E-state index in [0.29, 0.717) is 18.7 Å². The molecule has 0 saturated carbocycles. The molecule has 0 aliphatic carbocycles. The number of benzene rings is 1. The lowest BCUT2D eigenvalue weighted by molar-refractivity contribution is 0.114. The first-order chi connectivity index (χ1) is 11.4. The molecular weight excluding hydrogens is 336 g/mol. The SMILES string of the molecule is CCn1c(=O)oc(=O)c2cc(S(=O)(=O)NCC3CCCO3)ccc21. The Morgan fingerprint density at radius 3 is 2.79 bits per heavy atom. The second kappa shape index (κ2) is 6.50. The third-order valence-corrected chi connectivity index (χ3v) is 5.45. The van der Waals surface area contributed by atoms with Crippen molar-refractivity contribution in [1.82, 2.24) is 9.29 Å². The molecule has 2 aromatic rings. The molecule has 1 aromatic heterocycles. The molecule has 130 valence electrons. The van der Waals surface area contributed by atoms with Crippen LogP contribution in [0.25, 0.3) is 10.9 Å². The first-order valence-corrected chi connectivity index (χ1v) is 9.19. The summed E-state index contributed by atoms with van der Waals surface area (Å²) in [6.07, 6.45) is 1.60. The number of aryl methyl sites for hydroxylation is 1. The largest absolute Gasteiger partial charge is 0.422 e. The predicted octanol–water partition coefficient (Wildman–Crippen LogP) is 0.432. The van der Waals surface area contributed by atoms with Crippen LogP contribution in [-0.4, -0.2) is 32.2 Å². The number of nitrogens with zero attached hydrogens (tertiary/aromatic N) is 1. The Bertz CT molecular complexity index is 970. The van der Waals surface area contributed by atoms with Crippen molar-refractivity contribution in [2.45, 2.75) is 37.3 Å². The second-order valence-corrected chi connectivity index (χ2v) is 7.33. The Hall–Kier alpha value is -1.97. The van der Waals surface area contributed by atoms with Crippen molar-refractivity contribution in [3.63, 3.8) is 0 Å². The molecular formula is C15H18N2O6S. The van der Waals surface area contributed by atoms with Crippen molar-refractivity contribution in [1.29, 1.82) is 0 Å². The van der Waals surface area contributed by atoms with Crippen LogP contribution in [0.3, 0.4) is 0 Å². The average molecular weight is 354 g/mol. The topological polar surface area (TPSA) is 108 Å². The van der Waals surface area contributed by atoms with E-state index in [1.165, 1.54) is 22.8 Å². The van der Waals surface area contributed by atoms with E-state index in [9.17, 15) is 18.0 Å². The summed E-state index contributed by atoms with van der Waals surface area (Å²) in [5, 5.41) is 0.0523. The predicted molar refractivity (Wildman–Crippen MR) is 86.6 cm³/mol. The molecule has 1 aromatic carbocycles. The number of nitrogens with one attached hydrogen (secondary N) is 1. The van der Waals surface area contributed by atoms with Gasteiger partial charge in [0.05, 0.1) is 21.9 Å². The fourth-order valence-corrected chi connectivity index (χ4v) is 3.85. The van der Waals surface area contributed by atoms with Crippen molar-refractivity contribution in [3.05, 3.63) is 39.2 Å². The van der Waals surface area contributed by atoms with Crippen molar-refractivity contribution < 1.29 is 17.6 Å². The average Bonchev–Trinajstić information content (AvgIpc) is 3.06. The highest BCUT2D eigenvalue weighted by molar-refractivity contribution is 7.89. The van der Waals surface area contributed by atoms with Crippen LogP contribution in [0.15, 0.2) is 37.1 Å². The maximum atomic E-state index is 12.4. The number of hydrogen-bond donors (Lipinski definition) is 1. The van der Waals surface area contributed by atoms with E-state index in [2.05, 4.69) is 9.14 Å². The van der Waals surface area contributed by atoms with Gasteiger partial charge in [-0.05, 0) is 38.0 Å². The highest BCUT2D eigenvalue weighted by Gasteiger charge is 2.21. The van der Waals surface area contributed by atoms with Gasteiger partial charge in [0.15, 0.2) is 0 Å². The highest BCUT2D eigenvalue weighted by Crippen LogP contribution is 2.17. The van der Waals surface area contributed by atoms with Gasteiger partial charge in [-0.25, -0.2) is 22.7 Å². The first-order valence-electron chi connectivity index (χ1n) is 7.71. The minimum atomic E-state index is -3.78. The molecule has 1 fully saturated rings. The van der Waals surface area contributed by atoms with Gasteiger partial charge in [0.2, 0.25) is 10.0 Å². The Labute approximate surface area is 138 Å². The molecule has 3 rings (SSSR count). The minimum Gasteiger partial charge on any atom is -0.377 e. The fourth-order valence-electron chi connectivity index (χ4n) is 2.76. The van der Waals surface area contributed by atoms with Crippen molar-refractivity contribution in [2.24, 2.45) is 0 Å². The van der Waals surface area contributed by atoms with E-state index in [0.717, 1.165) is 12.8 Å². The summed E-state index contributed by atoms with van der Waals surface area (Å²) in [5.74, 6) is -0.762. The normalized spacial score (nSPS) is 18.3. The van der Waals surface area contributed by atoms with Crippen LogP contribution in [0.4, 0.5) is 0 Å². The smallest absolute Gasteiger partial charge is 0.377 e. The number of rotatable bonds is 5. The van der Waals surface area contributed by atoms with E-state index in [1.807, 2.05) is 0 Å². The molecule has 2 heterocycles. The van der Waals surface area contributed by atoms with Crippen LogP contribution in [-0.2, 0) is 21.3 Å². The standard InChI is InChI=1S/C15H18N2O6S/c1-2-17-13-6-5-11(8-12(13)14(18)23-15(17)19)24(20,21)16-9-10-4-3-7-22-10/h5-6,8,10,16H,2-4,7,9H2,1H3. The molecule has 1 unspecified atom stereocenters. The van der Waals surface area contributed by atoms with Crippen LogP contribution < -0.4 is 16.1 Å². The summed E-state index contributed by atoms with van der Waals surface area (Å²) in [6.45, 7) is 2.86. The molecule has 0 bridgehead atoms. The Morgan fingerprint density at radius 2 is 2.12 bits per heavy atom. The molecule has 1 saturated heterocycles. The summed E-state index contributed by atoms with van der Waals surface area (Å²) in [4.78, 5) is 23.5. The van der Waals surface area contributed by atoms with E-state index >= 15 is 0 Å². The summed E-state index contributed by atoms with van der Waals surface area (Å²) in [6, 6.07) is 4.04. The van der Waals surface area contributed by atoms with Gasteiger partial charge in [0, 0.05) is 19.7 Å². The van der Waals surface area contributed by atoms with Gasteiger partial charge in [-0.1, -0.05) is 0 Å². The number of ether oxygens (including phenoxy) is 1. The maximum Gasteiger partial charge on any atom is 0.422 e. The van der Waals surface area contributed by atoms with Crippen LogP contribution in [0.1, 0.15) is 19.8 Å². The van der Waals surface area contributed by atoms with Crippen molar-refractivity contribution >= 4 is 20.9 Å². The third kappa shape index (κ3) is 3.14. The zero-order valence-electron chi connectivity index (χ0n) is 13.1. The van der Waals surface area contributed by atoms with Gasteiger partial charge in [-0.2, -0.15) is 0 Å². The quantitative estimate of drug-likeness (QED) is 0.834. The van der Waals surface area contributed by atoms with Gasteiger partial charge in [0.1, 0.15) is 0 Å². The molecule has 0 spiro atoms. The van der Waals surface area contributed by atoms with Gasteiger partial charge >= 0.3 is 11.4 Å². The number of fused-ring (bicyclic) bond motifs is 1. The summed E-state index contributed by atoms with van der Waals surface area (Å²) in [7, 11) is -3.78. The van der Waals surface area contributed by atoms with E-state index < -0.39 is 21.4 Å². The van der Waals surface area contributed by atoms with E-state index in [-0.39, 0.29) is 22.9 Å². The van der Waals surface area contributed by atoms with Gasteiger partial charge in [0.25, 0.3) is 0 Å². The Kier molecular flexibility index (Phi) is 4.57. The monoisotopic (exact) mass is 354 g/mol. The molecule has 0 amide bonds. The van der Waals surface area contributed by atoms with Crippen LogP contribution >= 0.6 is 0 Å². The zero-order valence-corrected chi connectivity index (χ0v) is 14.0. The number of hydrogen-bond acceptors (Lipinski definition) is 6. The molecule has 8 nitrogen and oxygen atoms in total. The van der Waals surface area contributed by atoms with Gasteiger partial charge in [-0.3, -0.25) is 4.57 Å². The molecule has 1 aliphatic heterocycles. The Morgan fingerprint density at radius 1 is 1.33 bits per heavy atom. The van der Waals surface area contributed by atoms with Crippen molar-refractivity contribution in [2.75, 3.05) is 13.2 Å². The van der Waals surface area contributed by atoms with Crippen LogP contribution in [0.5, 0.6) is 0 Å². The van der Waals surface area contributed by atoms with E-state index in [1.54, 1.807) is 6.92 Å². The van der Waals surface area contributed by atoms with Crippen LogP contribution in [0.2, 0.25) is 0 Å². The molecule has 1 aliphatic rings. The highest BCUT2D eigenvalue weighted by atomic mass is 32.2. The molecule has 9 heteroatoms. The summed E-state index contributed by atoms with van der Waals surface area (Å²) in [5.41, 5.74) is -0.507. The summed E-state index contributed by atoms with van der Waals surface area (Å²) < 4.78 is 38.6. The van der Waals surface area contributed by atoms with Gasteiger partial charge in [-0.15, -0.1) is 0 Å². The molecule has 0 radical (unpaired) electrons. The minimum absolute atomic E-state index is 0.0523.